The maximum atomic E-state index is 12.4. The van der Waals surface area contributed by atoms with E-state index in [1.807, 2.05) is 16.5 Å². The summed E-state index contributed by atoms with van der Waals surface area (Å²) in [6.07, 6.45) is 3.95. The summed E-state index contributed by atoms with van der Waals surface area (Å²) in [5.74, 6) is 0.236. The monoisotopic (exact) mass is 281 g/mol. The Morgan fingerprint density at radius 1 is 1.42 bits per heavy atom. The van der Waals surface area contributed by atoms with Gasteiger partial charge in [0.05, 0.1) is 25.8 Å². The average Bonchev–Trinajstić information content (AvgIpc) is 3.10. The average molecular weight is 281 g/mol. The van der Waals surface area contributed by atoms with Gasteiger partial charge < -0.3 is 9.64 Å². The number of carbonyl (C=O) groups is 1. The summed E-state index contributed by atoms with van der Waals surface area (Å²) < 4.78 is 5.31. The third kappa shape index (κ3) is 2.96. The smallest absolute Gasteiger partial charge is 0.237 e. The van der Waals surface area contributed by atoms with E-state index in [0.717, 1.165) is 50.7 Å². The molecule has 0 radical (unpaired) electrons. The van der Waals surface area contributed by atoms with Crippen LogP contribution in [0.15, 0.2) is 11.6 Å². The number of hydrogen-bond acceptors (Lipinski definition) is 5. The number of amides is 1. The zero-order valence-corrected chi connectivity index (χ0v) is 11.8. The number of likely N-dealkylation sites (tertiary alicyclic amines) is 1. The standard InChI is InChI=1S/C13H19N3O2S/c17-12(10-15-5-7-18-8-6-15)16-4-1-2-11(16)13-14-3-9-19-13/h3,9,11H,1-2,4-8,10H2. The molecular weight excluding hydrogens is 262 g/mol. The predicted octanol–water partition coefficient (Wildman–Crippen LogP) is 1.14. The van der Waals surface area contributed by atoms with Crippen LogP contribution in [0.1, 0.15) is 23.9 Å². The van der Waals surface area contributed by atoms with E-state index in [9.17, 15) is 4.79 Å². The molecular formula is C13H19N3O2S. The number of carbonyl (C=O) groups excluding carboxylic acids is 1. The van der Waals surface area contributed by atoms with Gasteiger partial charge in [0.1, 0.15) is 5.01 Å². The number of hydrogen-bond donors (Lipinski definition) is 0. The Hall–Kier alpha value is -0.980. The molecule has 3 rings (SSSR count). The highest BCUT2D eigenvalue weighted by molar-refractivity contribution is 7.09. The zero-order chi connectivity index (χ0) is 13.1. The quantitative estimate of drug-likeness (QED) is 0.833. The van der Waals surface area contributed by atoms with Crippen LogP contribution in [-0.4, -0.2) is 60.1 Å². The number of morpholine rings is 1. The molecule has 2 fully saturated rings. The molecule has 0 spiro atoms. The molecule has 2 saturated heterocycles. The first-order chi connectivity index (χ1) is 9.34. The molecule has 1 unspecified atom stereocenters. The van der Waals surface area contributed by atoms with Crippen LogP contribution in [0.2, 0.25) is 0 Å². The van der Waals surface area contributed by atoms with E-state index < -0.39 is 0 Å². The first kappa shape index (κ1) is 13.0. The number of rotatable bonds is 3. The fourth-order valence-corrected chi connectivity index (χ4v) is 3.55. The van der Waals surface area contributed by atoms with E-state index in [1.165, 1.54) is 0 Å². The van der Waals surface area contributed by atoms with Gasteiger partial charge in [-0.1, -0.05) is 0 Å². The molecule has 2 aliphatic rings. The molecule has 1 amide bonds. The molecule has 3 heterocycles. The number of ether oxygens (including phenoxy) is 1. The molecule has 5 nitrogen and oxygen atoms in total. The van der Waals surface area contributed by atoms with Crippen molar-refractivity contribution in [1.29, 1.82) is 0 Å². The van der Waals surface area contributed by atoms with Gasteiger partial charge in [0.2, 0.25) is 5.91 Å². The van der Waals surface area contributed by atoms with Gasteiger partial charge in [0.15, 0.2) is 0 Å². The van der Waals surface area contributed by atoms with Crippen molar-refractivity contribution in [3.63, 3.8) is 0 Å². The van der Waals surface area contributed by atoms with Crippen LogP contribution < -0.4 is 0 Å². The number of nitrogens with zero attached hydrogens (tertiary/aromatic N) is 3. The van der Waals surface area contributed by atoms with Crippen molar-refractivity contribution in [2.24, 2.45) is 0 Å². The number of aromatic nitrogens is 1. The van der Waals surface area contributed by atoms with E-state index in [1.54, 1.807) is 11.3 Å². The normalized spacial score (nSPS) is 24.8. The molecule has 0 bridgehead atoms. The van der Waals surface area contributed by atoms with Gasteiger partial charge in [-0.3, -0.25) is 9.69 Å². The second-order valence-corrected chi connectivity index (χ2v) is 5.93. The van der Waals surface area contributed by atoms with Crippen LogP contribution in [0.5, 0.6) is 0 Å². The molecule has 0 aliphatic carbocycles. The van der Waals surface area contributed by atoms with Gasteiger partial charge >= 0.3 is 0 Å². The Morgan fingerprint density at radius 2 is 2.26 bits per heavy atom. The van der Waals surface area contributed by atoms with Crippen LogP contribution in [0.25, 0.3) is 0 Å². The molecule has 0 saturated carbocycles. The predicted molar refractivity (Wildman–Crippen MR) is 73.1 cm³/mol. The highest BCUT2D eigenvalue weighted by atomic mass is 32.1. The van der Waals surface area contributed by atoms with Crippen molar-refractivity contribution in [3.8, 4) is 0 Å². The maximum Gasteiger partial charge on any atom is 0.237 e. The van der Waals surface area contributed by atoms with E-state index >= 15 is 0 Å². The third-order valence-corrected chi connectivity index (χ3v) is 4.65. The van der Waals surface area contributed by atoms with Gasteiger partial charge in [0.25, 0.3) is 0 Å². The van der Waals surface area contributed by atoms with Crippen molar-refractivity contribution < 1.29 is 9.53 Å². The van der Waals surface area contributed by atoms with E-state index in [-0.39, 0.29) is 11.9 Å². The van der Waals surface area contributed by atoms with Crippen molar-refractivity contribution in [2.45, 2.75) is 18.9 Å². The fraction of sp³-hybridized carbons (Fsp3) is 0.692. The van der Waals surface area contributed by atoms with Gasteiger partial charge in [-0.2, -0.15) is 0 Å². The van der Waals surface area contributed by atoms with E-state index in [0.29, 0.717) is 6.54 Å². The topological polar surface area (TPSA) is 45.7 Å². The van der Waals surface area contributed by atoms with Crippen LogP contribution >= 0.6 is 11.3 Å². The Morgan fingerprint density at radius 3 is 3.00 bits per heavy atom. The number of thiazole rings is 1. The first-order valence-corrected chi connectivity index (χ1v) is 7.71. The Bertz CT molecular complexity index is 418. The lowest BCUT2D eigenvalue weighted by atomic mass is 10.2. The summed E-state index contributed by atoms with van der Waals surface area (Å²) >= 11 is 1.65. The van der Waals surface area contributed by atoms with Crippen molar-refractivity contribution in [3.05, 3.63) is 16.6 Å². The summed E-state index contributed by atoms with van der Waals surface area (Å²) in [7, 11) is 0. The van der Waals surface area contributed by atoms with Crippen LogP contribution in [0, 0.1) is 0 Å². The fourth-order valence-electron chi connectivity index (χ4n) is 2.76. The third-order valence-electron chi connectivity index (χ3n) is 3.77. The van der Waals surface area contributed by atoms with Gasteiger partial charge in [0, 0.05) is 31.2 Å². The second kappa shape index (κ2) is 5.98. The second-order valence-electron chi connectivity index (χ2n) is 5.00. The highest BCUT2D eigenvalue weighted by Gasteiger charge is 2.32. The largest absolute Gasteiger partial charge is 0.379 e. The molecule has 0 aromatic carbocycles. The van der Waals surface area contributed by atoms with Crippen molar-refractivity contribution in [1.82, 2.24) is 14.8 Å². The minimum absolute atomic E-state index is 0.202. The Labute approximate surface area is 117 Å². The first-order valence-electron chi connectivity index (χ1n) is 6.83. The van der Waals surface area contributed by atoms with Crippen molar-refractivity contribution in [2.75, 3.05) is 39.4 Å². The Balaban J connectivity index is 1.62. The minimum Gasteiger partial charge on any atom is -0.379 e. The van der Waals surface area contributed by atoms with E-state index in [2.05, 4.69) is 9.88 Å². The zero-order valence-electron chi connectivity index (χ0n) is 11.0. The van der Waals surface area contributed by atoms with Gasteiger partial charge in [-0.15, -0.1) is 11.3 Å². The summed E-state index contributed by atoms with van der Waals surface area (Å²) in [4.78, 5) is 21.0. The Kier molecular flexibility index (Phi) is 4.10. The van der Waals surface area contributed by atoms with Crippen LogP contribution in [0.3, 0.4) is 0 Å². The molecule has 19 heavy (non-hydrogen) atoms. The van der Waals surface area contributed by atoms with Gasteiger partial charge in [-0.05, 0) is 12.8 Å². The summed E-state index contributed by atoms with van der Waals surface area (Å²) in [5, 5.41) is 3.06. The summed E-state index contributed by atoms with van der Waals surface area (Å²) in [6.45, 7) is 4.59. The lowest BCUT2D eigenvalue weighted by Gasteiger charge is -2.29. The van der Waals surface area contributed by atoms with Crippen LogP contribution in [0.4, 0.5) is 0 Å². The lowest BCUT2D eigenvalue weighted by molar-refractivity contribution is -0.134. The van der Waals surface area contributed by atoms with Gasteiger partial charge in [-0.25, -0.2) is 4.98 Å². The lowest BCUT2D eigenvalue weighted by Crippen LogP contribution is -2.44. The molecule has 1 atom stereocenters. The van der Waals surface area contributed by atoms with E-state index in [4.69, 9.17) is 4.74 Å². The molecule has 0 N–H and O–H groups in total. The molecule has 6 heteroatoms. The highest BCUT2D eigenvalue weighted by Crippen LogP contribution is 2.32. The molecule has 2 aliphatic heterocycles. The summed E-state index contributed by atoms with van der Waals surface area (Å²) in [6, 6.07) is 0.202. The molecule has 1 aromatic rings. The molecule has 104 valence electrons. The maximum absolute atomic E-state index is 12.4. The summed E-state index contributed by atoms with van der Waals surface area (Å²) in [5.41, 5.74) is 0. The van der Waals surface area contributed by atoms with Crippen molar-refractivity contribution >= 4 is 17.2 Å². The van der Waals surface area contributed by atoms with Crippen LogP contribution in [-0.2, 0) is 9.53 Å². The SMILES string of the molecule is O=C(CN1CCOCC1)N1CCCC1c1nccs1. The molecule has 1 aromatic heterocycles. The minimum atomic E-state index is 0.202.